The molecule has 0 saturated carbocycles. The third-order valence-corrected chi connectivity index (χ3v) is 3.61. The number of methoxy groups -OCH3 is 1. The van der Waals surface area contributed by atoms with Crippen molar-refractivity contribution in [1.29, 1.82) is 0 Å². The Bertz CT molecular complexity index is 286. The summed E-state index contributed by atoms with van der Waals surface area (Å²) in [6, 6.07) is 8.75. The van der Waals surface area contributed by atoms with Crippen molar-refractivity contribution in [1.82, 2.24) is 0 Å². The molecule has 90 valence electrons. The molecule has 1 rings (SSSR count). The van der Waals surface area contributed by atoms with Gasteiger partial charge in [0.15, 0.2) is 0 Å². The average Bonchev–Trinajstić information content (AvgIpc) is 2.34. The highest BCUT2D eigenvalue weighted by molar-refractivity contribution is 7.99. The Balaban J connectivity index is 2.39. The van der Waals surface area contributed by atoms with Crippen LogP contribution in [0.2, 0.25) is 0 Å². The lowest BCUT2D eigenvalue weighted by atomic mass is 10.1. The first-order valence-corrected chi connectivity index (χ1v) is 6.73. The minimum atomic E-state index is 0.174. The Morgan fingerprint density at radius 3 is 2.56 bits per heavy atom. The molecule has 1 atom stereocenters. The number of ether oxygens (including phenoxy) is 1. The molecule has 0 aromatic heterocycles. The predicted octanol–water partition coefficient (Wildman–Crippen LogP) is 3.23. The van der Waals surface area contributed by atoms with Gasteiger partial charge in [-0.3, -0.25) is 0 Å². The number of thioether (sulfide) groups is 1. The summed E-state index contributed by atoms with van der Waals surface area (Å²) in [4.78, 5) is 1.31. The van der Waals surface area contributed by atoms with Gasteiger partial charge in [-0.2, -0.15) is 0 Å². The summed E-state index contributed by atoms with van der Waals surface area (Å²) in [5.41, 5.74) is 7.19. The van der Waals surface area contributed by atoms with E-state index in [1.807, 2.05) is 11.8 Å². The van der Waals surface area contributed by atoms with E-state index >= 15 is 0 Å². The van der Waals surface area contributed by atoms with Crippen molar-refractivity contribution in [3.05, 3.63) is 29.8 Å². The molecule has 0 aliphatic rings. The molecule has 0 radical (unpaired) electrons. The Hall–Kier alpha value is -0.510. The van der Waals surface area contributed by atoms with E-state index in [1.165, 1.54) is 10.5 Å². The standard InChI is InChI=1S/C13H21NOS/c1-3-13(14)11-5-7-12(8-6-11)16-10-4-9-15-2/h5-8,13H,3-4,9-10,14H2,1-2H3/t13-/m0/s1. The van der Waals surface area contributed by atoms with E-state index in [0.29, 0.717) is 0 Å². The lowest BCUT2D eigenvalue weighted by Crippen LogP contribution is -2.07. The Kier molecular flexibility index (Phi) is 6.53. The van der Waals surface area contributed by atoms with Crippen molar-refractivity contribution < 1.29 is 4.74 Å². The van der Waals surface area contributed by atoms with E-state index < -0.39 is 0 Å². The zero-order chi connectivity index (χ0) is 11.8. The van der Waals surface area contributed by atoms with Crippen molar-refractivity contribution >= 4 is 11.8 Å². The SMILES string of the molecule is CC[C@H](N)c1ccc(SCCCOC)cc1. The van der Waals surface area contributed by atoms with Crippen LogP contribution >= 0.6 is 11.8 Å². The van der Waals surface area contributed by atoms with Crippen LogP contribution in [0.15, 0.2) is 29.2 Å². The van der Waals surface area contributed by atoms with Crippen LogP contribution in [0.25, 0.3) is 0 Å². The van der Waals surface area contributed by atoms with Gasteiger partial charge < -0.3 is 10.5 Å². The van der Waals surface area contributed by atoms with Crippen LogP contribution in [0.5, 0.6) is 0 Å². The van der Waals surface area contributed by atoms with E-state index in [9.17, 15) is 0 Å². The van der Waals surface area contributed by atoms with Gasteiger partial charge in [0.2, 0.25) is 0 Å². The minimum Gasteiger partial charge on any atom is -0.385 e. The van der Waals surface area contributed by atoms with Crippen LogP contribution in [-0.2, 0) is 4.74 Å². The van der Waals surface area contributed by atoms with Crippen LogP contribution in [-0.4, -0.2) is 19.5 Å². The maximum atomic E-state index is 5.96. The maximum Gasteiger partial charge on any atom is 0.0470 e. The molecule has 0 aliphatic carbocycles. The topological polar surface area (TPSA) is 35.2 Å². The molecule has 1 aromatic rings. The number of rotatable bonds is 7. The first-order valence-electron chi connectivity index (χ1n) is 5.75. The second-order valence-electron chi connectivity index (χ2n) is 3.78. The maximum absolute atomic E-state index is 5.96. The largest absolute Gasteiger partial charge is 0.385 e. The van der Waals surface area contributed by atoms with Crippen LogP contribution in [0.4, 0.5) is 0 Å². The molecule has 0 heterocycles. The molecule has 0 spiro atoms. The minimum absolute atomic E-state index is 0.174. The summed E-state index contributed by atoms with van der Waals surface area (Å²) in [5.74, 6) is 1.10. The molecule has 0 fully saturated rings. The van der Waals surface area contributed by atoms with E-state index in [0.717, 1.165) is 25.2 Å². The second kappa shape index (κ2) is 7.71. The summed E-state index contributed by atoms with van der Waals surface area (Å²) in [7, 11) is 1.74. The van der Waals surface area contributed by atoms with Crippen LogP contribution in [0.3, 0.4) is 0 Å². The van der Waals surface area contributed by atoms with Crippen molar-refractivity contribution in [3.63, 3.8) is 0 Å². The van der Waals surface area contributed by atoms with E-state index in [1.54, 1.807) is 7.11 Å². The van der Waals surface area contributed by atoms with Gasteiger partial charge in [0.25, 0.3) is 0 Å². The van der Waals surface area contributed by atoms with Gasteiger partial charge in [-0.25, -0.2) is 0 Å². The average molecular weight is 239 g/mol. The van der Waals surface area contributed by atoms with Crippen molar-refractivity contribution in [3.8, 4) is 0 Å². The monoisotopic (exact) mass is 239 g/mol. The molecule has 0 saturated heterocycles. The van der Waals surface area contributed by atoms with Gasteiger partial charge in [-0.15, -0.1) is 11.8 Å². The second-order valence-corrected chi connectivity index (χ2v) is 4.95. The number of nitrogens with two attached hydrogens (primary N) is 1. The van der Waals surface area contributed by atoms with Crippen molar-refractivity contribution in [2.75, 3.05) is 19.5 Å². The van der Waals surface area contributed by atoms with Gasteiger partial charge in [0.1, 0.15) is 0 Å². The van der Waals surface area contributed by atoms with Gasteiger partial charge >= 0.3 is 0 Å². The number of hydrogen-bond acceptors (Lipinski definition) is 3. The highest BCUT2D eigenvalue weighted by atomic mass is 32.2. The molecule has 3 heteroatoms. The third-order valence-electron chi connectivity index (χ3n) is 2.51. The Morgan fingerprint density at radius 2 is 2.00 bits per heavy atom. The summed E-state index contributed by atoms with van der Waals surface area (Å²) in [6.45, 7) is 2.95. The van der Waals surface area contributed by atoms with Crippen LogP contribution in [0, 0.1) is 0 Å². The number of hydrogen-bond donors (Lipinski definition) is 1. The molecule has 0 bridgehead atoms. The predicted molar refractivity (Wildman–Crippen MR) is 70.9 cm³/mol. The lowest BCUT2D eigenvalue weighted by Gasteiger charge is -2.09. The number of benzene rings is 1. The first kappa shape index (κ1) is 13.6. The van der Waals surface area contributed by atoms with Crippen molar-refractivity contribution in [2.24, 2.45) is 5.73 Å². The molecule has 16 heavy (non-hydrogen) atoms. The fourth-order valence-electron chi connectivity index (χ4n) is 1.44. The zero-order valence-electron chi connectivity index (χ0n) is 10.1. The summed E-state index contributed by atoms with van der Waals surface area (Å²) < 4.78 is 5.02. The van der Waals surface area contributed by atoms with Gasteiger partial charge in [-0.1, -0.05) is 19.1 Å². The molecule has 0 amide bonds. The molecule has 1 aromatic carbocycles. The van der Waals surface area contributed by atoms with Gasteiger partial charge in [0, 0.05) is 30.4 Å². The quantitative estimate of drug-likeness (QED) is 0.586. The zero-order valence-corrected chi connectivity index (χ0v) is 10.9. The molecule has 2 N–H and O–H groups in total. The van der Waals surface area contributed by atoms with Gasteiger partial charge in [0.05, 0.1) is 0 Å². The highest BCUT2D eigenvalue weighted by Gasteiger charge is 2.02. The van der Waals surface area contributed by atoms with E-state index in [4.69, 9.17) is 10.5 Å². The lowest BCUT2D eigenvalue weighted by molar-refractivity contribution is 0.200. The third kappa shape index (κ3) is 4.56. The van der Waals surface area contributed by atoms with Crippen molar-refractivity contribution in [2.45, 2.75) is 30.7 Å². The van der Waals surface area contributed by atoms with Gasteiger partial charge in [-0.05, 0) is 30.5 Å². The summed E-state index contributed by atoms with van der Waals surface area (Å²) in [6.07, 6.45) is 2.08. The first-order chi connectivity index (χ1) is 7.77. The Labute approximate surface area is 103 Å². The molecule has 2 nitrogen and oxygen atoms in total. The van der Waals surface area contributed by atoms with E-state index in [-0.39, 0.29) is 6.04 Å². The highest BCUT2D eigenvalue weighted by Crippen LogP contribution is 2.21. The molecular weight excluding hydrogens is 218 g/mol. The van der Waals surface area contributed by atoms with Crippen LogP contribution < -0.4 is 5.73 Å². The fraction of sp³-hybridized carbons (Fsp3) is 0.538. The summed E-state index contributed by atoms with van der Waals surface area (Å²) >= 11 is 1.87. The van der Waals surface area contributed by atoms with Crippen LogP contribution in [0.1, 0.15) is 31.4 Å². The summed E-state index contributed by atoms with van der Waals surface area (Å²) in [5, 5.41) is 0. The molecular formula is C13H21NOS. The fourth-order valence-corrected chi connectivity index (χ4v) is 2.27. The Morgan fingerprint density at radius 1 is 1.31 bits per heavy atom. The van der Waals surface area contributed by atoms with E-state index in [2.05, 4.69) is 31.2 Å². The normalized spacial score (nSPS) is 12.7. The smallest absolute Gasteiger partial charge is 0.0470 e. The molecule has 0 unspecified atom stereocenters. The molecule has 0 aliphatic heterocycles.